The van der Waals surface area contributed by atoms with E-state index in [1.165, 1.54) is 0 Å². The van der Waals surface area contributed by atoms with E-state index in [1.54, 1.807) is 24.2 Å². The van der Waals surface area contributed by atoms with Crippen molar-refractivity contribution < 1.29 is 4.79 Å². The van der Waals surface area contributed by atoms with Crippen LogP contribution in [0.1, 0.15) is 28.6 Å². The number of fused-ring (bicyclic) bond motifs is 1. The van der Waals surface area contributed by atoms with Crippen LogP contribution in [-0.2, 0) is 19.5 Å². The lowest BCUT2D eigenvalue weighted by Gasteiger charge is -2.15. The molecule has 0 atom stereocenters. The highest BCUT2D eigenvalue weighted by Gasteiger charge is 2.20. The van der Waals surface area contributed by atoms with Gasteiger partial charge in [0.15, 0.2) is 5.82 Å². The Bertz CT molecular complexity index is 614. The third-order valence-corrected chi connectivity index (χ3v) is 3.35. The largest absolute Gasteiger partial charge is 0.397 e. The van der Waals surface area contributed by atoms with Crippen molar-refractivity contribution in [2.24, 2.45) is 0 Å². The Labute approximate surface area is 110 Å². The Kier molecular flexibility index (Phi) is 2.73. The quantitative estimate of drug-likeness (QED) is 0.835. The van der Waals surface area contributed by atoms with E-state index in [0.717, 1.165) is 31.0 Å². The molecule has 7 nitrogen and oxygen atoms in total. The third-order valence-electron chi connectivity index (χ3n) is 3.35. The lowest BCUT2D eigenvalue weighted by Crippen LogP contribution is -2.28. The second kappa shape index (κ2) is 4.42. The van der Waals surface area contributed by atoms with E-state index in [1.807, 2.05) is 0 Å². The predicted molar refractivity (Wildman–Crippen MR) is 69.3 cm³/mol. The van der Waals surface area contributed by atoms with Crippen molar-refractivity contribution in [3.8, 4) is 0 Å². The first kappa shape index (κ1) is 11.8. The van der Waals surface area contributed by atoms with Crippen LogP contribution in [-0.4, -0.2) is 37.6 Å². The molecule has 2 aromatic rings. The minimum absolute atomic E-state index is 0.105. The van der Waals surface area contributed by atoms with Crippen LogP contribution in [0.5, 0.6) is 0 Å². The molecule has 0 fully saturated rings. The van der Waals surface area contributed by atoms with Crippen molar-refractivity contribution >= 4 is 11.6 Å². The van der Waals surface area contributed by atoms with Crippen LogP contribution in [0.3, 0.4) is 0 Å². The van der Waals surface area contributed by atoms with E-state index in [0.29, 0.717) is 17.9 Å². The molecule has 0 spiro atoms. The number of aryl methyl sites for hydroxylation is 1. The maximum absolute atomic E-state index is 12.2. The molecule has 100 valence electrons. The minimum atomic E-state index is -0.105. The monoisotopic (exact) mass is 260 g/mol. The number of carbonyl (C=O) groups excluding carboxylic acids is 1. The lowest BCUT2D eigenvalue weighted by atomic mass is 10.3. The zero-order chi connectivity index (χ0) is 13.4. The molecule has 1 amide bonds. The number of hydrogen-bond donors (Lipinski definition) is 2. The molecule has 2 aromatic heterocycles. The van der Waals surface area contributed by atoms with Crippen molar-refractivity contribution in [3.63, 3.8) is 0 Å². The zero-order valence-electron chi connectivity index (χ0n) is 10.8. The summed E-state index contributed by atoms with van der Waals surface area (Å²) in [7, 11) is 1.75. The van der Waals surface area contributed by atoms with Gasteiger partial charge >= 0.3 is 0 Å². The molecule has 19 heavy (non-hydrogen) atoms. The van der Waals surface area contributed by atoms with Gasteiger partial charge in [-0.2, -0.15) is 0 Å². The molecule has 0 saturated carbocycles. The summed E-state index contributed by atoms with van der Waals surface area (Å²) >= 11 is 0. The number of amides is 1. The Morgan fingerprint density at radius 1 is 1.58 bits per heavy atom. The van der Waals surface area contributed by atoms with E-state index in [-0.39, 0.29) is 5.91 Å². The van der Waals surface area contributed by atoms with Crippen LogP contribution < -0.4 is 5.73 Å². The fourth-order valence-electron chi connectivity index (χ4n) is 2.35. The van der Waals surface area contributed by atoms with Gasteiger partial charge in [0.1, 0.15) is 11.5 Å². The van der Waals surface area contributed by atoms with Gasteiger partial charge in [-0.3, -0.25) is 4.79 Å². The zero-order valence-corrected chi connectivity index (χ0v) is 10.8. The Hall–Kier alpha value is -2.31. The summed E-state index contributed by atoms with van der Waals surface area (Å²) in [4.78, 5) is 16.6. The summed E-state index contributed by atoms with van der Waals surface area (Å²) in [5, 5.41) is 8.28. The fourth-order valence-corrected chi connectivity index (χ4v) is 2.35. The van der Waals surface area contributed by atoms with Crippen LogP contribution in [0.2, 0.25) is 0 Å². The molecule has 3 heterocycles. The molecule has 1 aliphatic rings. The van der Waals surface area contributed by atoms with E-state index in [2.05, 4.69) is 19.7 Å². The van der Waals surface area contributed by atoms with Crippen molar-refractivity contribution in [2.75, 3.05) is 12.8 Å². The molecule has 0 saturated heterocycles. The molecule has 0 unspecified atom stereocenters. The van der Waals surface area contributed by atoms with Gasteiger partial charge in [0.05, 0.1) is 6.54 Å². The number of nitrogens with one attached hydrogen (secondary N) is 1. The number of H-pyrrole nitrogens is 1. The van der Waals surface area contributed by atoms with Gasteiger partial charge in [-0.15, -0.1) is 10.2 Å². The molecule has 1 aliphatic heterocycles. The highest BCUT2D eigenvalue weighted by atomic mass is 16.2. The summed E-state index contributed by atoms with van der Waals surface area (Å²) in [5.74, 6) is 1.75. The summed E-state index contributed by atoms with van der Waals surface area (Å²) < 4.78 is 2.09. The third kappa shape index (κ3) is 2.07. The Morgan fingerprint density at radius 3 is 3.16 bits per heavy atom. The normalized spacial score (nSPS) is 13.5. The molecule has 0 bridgehead atoms. The van der Waals surface area contributed by atoms with Gasteiger partial charge in [0.25, 0.3) is 5.91 Å². The average Bonchev–Trinajstić information content (AvgIpc) is 3.06. The topological polar surface area (TPSA) is 92.8 Å². The molecule has 0 aromatic carbocycles. The fraction of sp³-hybridized carbons (Fsp3) is 0.417. The van der Waals surface area contributed by atoms with Crippen molar-refractivity contribution in [3.05, 3.63) is 29.6 Å². The number of aromatic nitrogens is 4. The lowest BCUT2D eigenvalue weighted by molar-refractivity contribution is 0.0775. The maximum Gasteiger partial charge on any atom is 0.270 e. The molecule has 3 N–H and O–H groups in total. The van der Waals surface area contributed by atoms with Gasteiger partial charge in [-0.1, -0.05) is 0 Å². The number of nitrogens with two attached hydrogens (primary N) is 1. The van der Waals surface area contributed by atoms with Gasteiger partial charge in [0, 0.05) is 31.9 Å². The van der Waals surface area contributed by atoms with Crippen LogP contribution >= 0.6 is 0 Å². The standard InChI is InChI=1S/C12H16N6O/c1-17(12(19)9-5-8(13)6-14-9)7-11-16-15-10-3-2-4-18(10)11/h5-6,14H,2-4,7,13H2,1H3. The first-order valence-corrected chi connectivity index (χ1v) is 6.25. The second-order valence-electron chi connectivity index (χ2n) is 4.80. The first-order valence-electron chi connectivity index (χ1n) is 6.25. The maximum atomic E-state index is 12.2. The minimum Gasteiger partial charge on any atom is -0.397 e. The van der Waals surface area contributed by atoms with Crippen LogP contribution in [0, 0.1) is 0 Å². The van der Waals surface area contributed by atoms with Gasteiger partial charge in [0.2, 0.25) is 0 Å². The van der Waals surface area contributed by atoms with Crippen molar-refractivity contribution in [1.82, 2.24) is 24.6 Å². The summed E-state index contributed by atoms with van der Waals surface area (Å²) in [6, 6.07) is 1.63. The van der Waals surface area contributed by atoms with Gasteiger partial charge in [-0.05, 0) is 12.5 Å². The second-order valence-corrected chi connectivity index (χ2v) is 4.80. The number of aromatic amines is 1. The number of rotatable bonds is 3. The molecule has 0 radical (unpaired) electrons. The number of anilines is 1. The van der Waals surface area contributed by atoms with Crippen molar-refractivity contribution in [2.45, 2.75) is 25.9 Å². The average molecular weight is 260 g/mol. The van der Waals surface area contributed by atoms with Crippen LogP contribution in [0.15, 0.2) is 12.3 Å². The van der Waals surface area contributed by atoms with Gasteiger partial charge in [-0.25, -0.2) is 0 Å². The highest BCUT2D eigenvalue weighted by Crippen LogP contribution is 2.16. The molecule has 0 aliphatic carbocycles. The number of carbonyl (C=O) groups is 1. The van der Waals surface area contributed by atoms with Gasteiger partial charge < -0.3 is 20.2 Å². The Morgan fingerprint density at radius 2 is 2.42 bits per heavy atom. The number of hydrogen-bond acceptors (Lipinski definition) is 4. The van der Waals surface area contributed by atoms with E-state index >= 15 is 0 Å². The number of nitrogens with zero attached hydrogens (tertiary/aromatic N) is 4. The molecule has 7 heteroatoms. The Balaban J connectivity index is 1.74. The predicted octanol–water partition coefficient (Wildman–Crippen LogP) is 0.407. The van der Waals surface area contributed by atoms with Crippen LogP contribution in [0.25, 0.3) is 0 Å². The SMILES string of the molecule is CN(Cc1nnc2n1CCC2)C(=O)c1cc(N)c[nH]1. The van der Waals surface area contributed by atoms with Crippen molar-refractivity contribution in [1.29, 1.82) is 0 Å². The molecule has 3 rings (SSSR count). The molecular weight excluding hydrogens is 244 g/mol. The smallest absolute Gasteiger partial charge is 0.270 e. The van der Waals surface area contributed by atoms with E-state index in [4.69, 9.17) is 5.73 Å². The van der Waals surface area contributed by atoms with Crippen LogP contribution in [0.4, 0.5) is 5.69 Å². The summed E-state index contributed by atoms with van der Waals surface area (Å²) in [6.07, 6.45) is 3.68. The van der Waals surface area contributed by atoms with E-state index in [9.17, 15) is 4.79 Å². The summed E-state index contributed by atoms with van der Waals surface area (Å²) in [5.41, 5.74) is 6.64. The molecular formula is C12H16N6O. The summed E-state index contributed by atoms with van der Waals surface area (Å²) in [6.45, 7) is 1.39. The highest BCUT2D eigenvalue weighted by molar-refractivity contribution is 5.93. The van der Waals surface area contributed by atoms with E-state index < -0.39 is 0 Å². The first-order chi connectivity index (χ1) is 9.15. The number of nitrogen functional groups attached to an aromatic ring is 1.